The van der Waals surface area contributed by atoms with Crippen LogP contribution in [0.2, 0.25) is 0 Å². The first-order chi connectivity index (χ1) is 13.4. The molecule has 0 aliphatic carbocycles. The van der Waals surface area contributed by atoms with Crippen LogP contribution in [0.5, 0.6) is 11.5 Å². The van der Waals surface area contributed by atoms with Crippen molar-refractivity contribution in [2.24, 2.45) is 0 Å². The molecule has 3 aromatic rings. The molecule has 5 heteroatoms. The van der Waals surface area contributed by atoms with Crippen LogP contribution >= 0.6 is 0 Å². The van der Waals surface area contributed by atoms with Gasteiger partial charge in [0.05, 0.1) is 24.2 Å². The summed E-state index contributed by atoms with van der Waals surface area (Å²) in [5, 5.41) is 0. The van der Waals surface area contributed by atoms with Gasteiger partial charge in [0.25, 0.3) is 0 Å². The second-order valence-electron chi connectivity index (χ2n) is 7.01. The van der Waals surface area contributed by atoms with Crippen molar-refractivity contribution < 1.29 is 9.47 Å². The number of benzene rings is 2. The van der Waals surface area contributed by atoms with Gasteiger partial charge in [-0.25, -0.2) is 4.79 Å². The van der Waals surface area contributed by atoms with Crippen LogP contribution in [-0.2, 0) is 6.54 Å². The predicted molar refractivity (Wildman–Crippen MR) is 114 cm³/mol. The molecule has 0 aliphatic rings. The van der Waals surface area contributed by atoms with E-state index in [0.29, 0.717) is 26.2 Å². The number of ether oxygens (including phenoxy) is 2. The minimum absolute atomic E-state index is 0.0535. The number of aromatic nitrogens is 2. The Bertz CT molecular complexity index is 1060. The highest BCUT2D eigenvalue weighted by Crippen LogP contribution is 2.26. The lowest BCUT2D eigenvalue weighted by atomic mass is 10.1. The second kappa shape index (κ2) is 8.38. The lowest BCUT2D eigenvalue weighted by Gasteiger charge is -2.11. The molecule has 0 amide bonds. The highest BCUT2D eigenvalue weighted by Gasteiger charge is 2.15. The largest absolute Gasteiger partial charge is 0.490 e. The van der Waals surface area contributed by atoms with E-state index in [-0.39, 0.29) is 5.69 Å². The minimum Gasteiger partial charge on any atom is -0.490 e. The Labute approximate surface area is 165 Å². The summed E-state index contributed by atoms with van der Waals surface area (Å²) in [7, 11) is 0. The number of fused-ring (bicyclic) bond motifs is 1. The van der Waals surface area contributed by atoms with Crippen molar-refractivity contribution in [3.05, 3.63) is 64.6 Å². The average Bonchev–Trinajstić information content (AvgIpc) is 2.91. The van der Waals surface area contributed by atoms with Crippen molar-refractivity contribution in [3.63, 3.8) is 0 Å². The molecule has 0 N–H and O–H groups in total. The van der Waals surface area contributed by atoms with E-state index in [1.165, 1.54) is 5.56 Å². The summed E-state index contributed by atoms with van der Waals surface area (Å²) >= 11 is 0. The Balaban J connectivity index is 1.80. The molecule has 0 radical (unpaired) electrons. The van der Waals surface area contributed by atoms with E-state index in [9.17, 15) is 4.79 Å². The number of para-hydroxylation sites is 2. The van der Waals surface area contributed by atoms with Gasteiger partial charge < -0.3 is 9.47 Å². The van der Waals surface area contributed by atoms with E-state index in [4.69, 9.17) is 9.47 Å². The lowest BCUT2D eigenvalue weighted by Crippen LogP contribution is -2.24. The zero-order chi connectivity index (χ0) is 20.3. The van der Waals surface area contributed by atoms with Gasteiger partial charge in [0.15, 0.2) is 11.5 Å². The maximum atomic E-state index is 13.0. The van der Waals surface area contributed by atoms with Gasteiger partial charge in [0, 0.05) is 12.2 Å². The van der Waals surface area contributed by atoms with Crippen molar-refractivity contribution in [3.8, 4) is 11.5 Å². The third kappa shape index (κ3) is 3.84. The smallest absolute Gasteiger partial charge is 0.333 e. The van der Waals surface area contributed by atoms with Gasteiger partial charge in [-0.15, -0.1) is 0 Å². The van der Waals surface area contributed by atoms with Crippen LogP contribution in [0.15, 0.2) is 47.8 Å². The maximum absolute atomic E-state index is 13.0. The van der Waals surface area contributed by atoms with Crippen LogP contribution in [-0.4, -0.2) is 22.3 Å². The Morgan fingerprint density at radius 2 is 1.64 bits per heavy atom. The molecular formula is C23H28N2O3. The Morgan fingerprint density at radius 3 is 2.25 bits per heavy atom. The molecule has 2 aromatic carbocycles. The zero-order valence-electron chi connectivity index (χ0n) is 17.1. The number of aryl methyl sites for hydroxylation is 3. The van der Waals surface area contributed by atoms with Crippen molar-refractivity contribution >= 4 is 16.7 Å². The van der Waals surface area contributed by atoms with Crippen LogP contribution in [0.1, 0.15) is 31.4 Å². The molecular weight excluding hydrogens is 352 g/mol. The number of allylic oxidation sites excluding steroid dienone is 1. The minimum atomic E-state index is -0.0535. The monoisotopic (exact) mass is 380 g/mol. The van der Waals surface area contributed by atoms with Gasteiger partial charge in [0.1, 0.15) is 0 Å². The summed E-state index contributed by atoms with van der Waals surface area (Å²) in [5.41, 5.74) is 4.84. The summed E-state index contributed by atoms with van der Waals surface area (Å²) in [6, 6.07) is 11.8. The van der Waals surface area contributed by atoms with Gasteiger partial charge in [0.2, 0.25) is 0 Å². The quantitative estimate of drug-likeness (QED) is 0.529. The van der Waals surface area contributed by atoms with Crippen LogP contribution in [0, 0.1) is 13.8 Å². The van der Waals surface area contributed by atoms with E-state index in [1.807, 2.05) is 42.7 Å². The van der Waals surface area contributed by atoms with Gasteiger partial charge in [-0.2, -0.15) is 0 Å². The Morgan fingerprint density at radius 1 is 1.04 bits per heavy atom. The lowest BCUT2D eigenvalue weighted by molar-refractivity contribution is 0.269. The van der Waals surface area contributed by atoms with Crippen LogP contribution in [0.4, 0.5) is 0 Å². The third-order valence-corrected chi connectivity index (χ3v) is 4.86. The maximum Gasteiger partial charge on any atom is 0.333 e. The molecule has 0 unspecified atom stereocenters. The van der Waals surface area contributed by atoms with Crippen molar-refractivity contribution in [1.82, 2.24) is 9.13 Å². The van der Waals surface area contributed by atoms with E-state index in [0.717, 1.165) is 33.8 Å². The number of nitrogens with zero attached hydrogens (tertiary/aromatic N) is 2. The first-order valence-electron chi connectivity index (χ1n) is 9.67. The summed E-state index contributed by atoms with van der Waals surface area (Å²) in [4.78, 5) is 13.0. The second-order valence-corrected chi connectivity index (χ2v) is 7.01. The van der Waals surface area contributed by atoms with Crippen molar-refractivity contribution in [1.29, 1.82) is 0 Å². The number of imidazole rings is 1. The molecule has 1 heterocycles. The normalized spacial score (nSPS) is 11.0. The fourth-order valence-corrected chi connectivity index (χ4v) is 3.34. The summed E-state index contributed by atoms with van der Waals surface area (Å²) in [5.74, 6) is 1.47. The van der Waals surface area contributed by atoms with Crippen LogP contribution in [0.25, 0.3) is 16.7 Å². The Kier molecular flexibility index (Phi) is 5.93. The third-order valence-electron chi connectivity index (χ3n) is 4.86. The van der Waals surface area contributed by atoms with E-state index in [1.54, 1.807) is 4.57 Å². The van der Waals surface area contributed by atoms with E-state index < -0.39 is 0 Å². The average molecular weight is 380 g/mol. The fraction of sp³-hybridized carbons (Fsp3) is 0.348. The van der Waals surface area contributed by atoms with Crippen LogP contribution in [0.3, 0.4) is 0 Å². The van der Waals surface area contributed by atoms with Crippen LogP contribution < -0.4 is 15.2 Å². The molecule has 3 rings (SSSR count). The summed E-state index contributed by atoms with van der Waals surface area (Å²) in [6.07, 6.45) is 0.711. The highest BCUT2D eigenvalue weighted by atomic mass is 16.5. The number of hydrogen-bond donors (Lipinski definition) is 0. The molecule has 1 aromatic heterocycles. The molecule has 0 saturated heterocycles. The van der Waals surface area contributed by atoms with Gasteiger partial charge in [-0.05, 0) is 69.5 Å². The fourth-order valence-electron chi connectivity index (χ4n) is 3.34. The molecule has 0 atom stereocenters. The molecule has 5 nitrogen and oxygen atoms in total. The summed E-state index contributed by atoms with van der Waals surface area (Å²) < 4.78 is 15.0. The first-order valence-corrected chi connectivity index (χ1v) is 9.67. The molecule has 0 saturated carbocycles. The number of rotatable bonds is 8. The molecule has 0 spiro atoms. The van der Waals surface area contributed by atoms with E-state index >= 15 is 0 Å². The standard InChI is InChI=1S/C23H28N2O3/c1-6-27-21-10-7-8-11-22(21)28-13-9-12-24-19-14-17(4)18(5)15-20(19)25(16(2)3)23(24)26/h7-8,10-11,14-15H,2,6,9,12-13H2,1,3-5H3. The molecule has 0 bridgehead atoms. The molecule has 0 fully saturated rings. The first kappa shape index (κ1) is 19.8. The summed E-state index contributed by atoms with van der Waals surface area (Å²) in [6.45, 7) is 13.6. The topological polar surface area (TPSA) is 45.4 Å². The molecule has 28 heavy (non-hydrogen) atoms. The zero-order valence-corrected chi connectivity index (χ0v) is 17.1. The number of hydrogen-bond acceptors (Lipinski definition) is 3. The molecule has 148 valence electrons. The SMILES string of the molecule is C=C(C)n1c(=O)n(CCCOc2ccccc2OCC)c2cc(C)c(C)cc21. The van der Waals surface area contributed by atoms with E-state index in [2.05, 4.69) is 32.6 Å². The van der Waals surface area contributed by atoms with Gasteiger partial charge >= 0.3 is 5.69 Å². The van der Waals surface area contributed by atoms with Gasteiger partial charge in [-0.3, -0.25) is 9.13 Å². The van der Waals surface area contributed by atoms with Crippen molar-refractivity contribution in [2.75, 3.05) is 13.2 Å². The Hall–Kier alpha value is -2.95. The van der Waals surface area contributed by atoms with Crippen molar-refractivity contribution in [2.45, 2.75) is 40.7 Å². The molecule has 0 aliphatic heterocycles. The predicted octanol–water partition coefficient (Wildman–Crippen LogP) is 4.78. The van der Waals surface area contributed by atoms with Gasteiger partial charge in [-0.1, -0.05) is 18.7 Å². The highest BCUT2D eigenvalue weighted by molar-refractivity contribution is 5.81.